The Bertz CT molecular complexity index is 1340. The first-order chi connectivity index (χ1) is 17.7. The quantitative estimate of drug-likeness (QED) is 0.309. The van der Waals surface area contributed by atoms with Crippen LogP contribution in [0.15, 0.2) is 97.2 Å². The van der Waals surface area contributed by atoms with Gasteiger partial charge in [0.1, 0.15) is 6.54 Å². The number of H-pyrrole nitrogens is 1. The summed E-state index contributed by atoms with van der Waals surface area (Å²) in [5, 5.41) is 1.19. The Kier molecular flexibility index (Phi) is 7.27. The van der Waals surface area contributed by atoms with Crippen molar-refractivity contribution in [3.8, 4) is 0 Å². The molecule has 0 spiro atoms. The van der Waals surface area contributed by atoms with Crippen LogP contribution in [0.5, 0.6) is 0 Å². The molecule has 1 aliphatic rings. The largest absolute Gasteiger partial charge is 0.361 e. The number of nitrogens with zero attached hydrogens (tertiary/aromatic N) is 2. The molecule has 0 radical (unpaired) electrons. The summed E-state index contributed by atoms with van der Waals surface area (Å²) in [5.74, 6) is -0.127. The fraction of sp³-hybridized carbons (Fsp3) is 0.226. The molecule has 2 amide bonds. The molecule has 1 fully saturated rings. The third kappa shape index (κ3) is 5.92. The molecule has 182 valence electrons. The van der Waals surface area contributed by atoms with Crippen LogP contribution in [0, 0.1) is 0 Å². The molecular formula is C31H31N3O2. The van der Waals surface area contributed by atoms with E-state index < -0.39 is 0 Å². The Morgan fingerprint density at radius 3 is 2.33 bits per heavy atom. The lowest BCUT2D eigenvalue weighted by molar-refractivity contribution is -0.139. The van der Waals surface area contributed by atoms with Crippen molar-refractivity contribution in [3.05, 3.63) is 114 Å². The summed E-state index contributed by atoms with van der Waals surface area (Å²) in [6.45, 7) is 1.21. The number of nitrogens with one attached hydrogen (secondary N) is 1. The molecule has 1 aromatic heterocycles. The van der Waals surface area contributed by atoms with Gasteiger partial charge in [-0.15, -0.1) is 0 Å². The zero-order chi connectivity index (χ0) is 24.7. The molecule has 5 nitrogen and oxygen atoms in total. The molecule has 36 heavy (non-hydrogen) atoms. The minimum absolute atomic E-state index is 0.0212. The molecule has 5 heteroatoms. The number of aromatic amines is 1. The zero-order valence-corrected chi connectivity index (χ0v) is 20.3. The Morgan fingerprint density at radius 2 is 1.58 bits per heavy atom. The van der Waals surface area contributed by atoms with Gasteiger partial charge in [0.25, 0.3) is 0 Å². The van der Waals surface area contributed by atoms with Crippen LogP contribution in [0.2, 0.25) is 0 Å². The van der Waals surface area contributed by atoms with Crippen molar-refractivity contribution < 1.29 is 9.59 Å². The van der Waals surface area contributed by atoms with Gasteiger partial charge in [0.05, 0.1) is 0 Å². The van der Waals surface area contributed by atoms with Gasteiger partial charge < -0.3 is 14.8 Å². The van der Waals surface area contributed by atoms with Gasteiger partial charge in [0, 0.05) is 42.3 Å². The van der Waals surface area contributed by atoms with E-state index in [9.17, 15) is 9.59 Å². The van der Waals surface area contributed by atoms with E-state index in [1.807, 2.05) is 90.0 Å². The summed E-state index contributed by atoms with van der Waals surface area (Å²) in [5.41, 5.74) is 4.34. The minimum Gasteiger partial charge on any atom is -0.361 e. The number of amides is 2. The maximum absolute atomic E-state index is 13.6. The van der Waals surface area contributed by atoms with Crippen LogP contribution in [-0.4, -0.2) is 45.7 Å². The number of para-hydroxylation sites is 1. The monoisotopic (exact) mass is 477 g/mol. The van der Waals surface area contributed by atoms with E-state index in [1.165, 1.54) is 10.9 Å². The third-order valence-corrected chi connectivity index (χ3v) is 6.69. The van der Waals surface area contributed by atoms with E-state index in [4.69, 9.17) is 0 Å². The van der Waals surface area contributed by atoms with Crippen LogP contribution in [0.1, 0.15) is 29.5 Å². The number of benzene rings is 3. The summed E-state index contributed by atoms with van der Waals surface area (Å²) in [7, 11) is 0. The fourth-order valence-electron chi connectivity index (χ4n) is 4.54. The Labute approximate surface area is 212 Å². The molecule has 3 aromatic carbocycles. The van der Waals surface area contributed by atoms with Gasteiger partial charge in [-0.2, -0.15) is 0 Å². The van der Waals surface area contributed by atoms with Gasteiger partial charge in [0.2, 0.25) is 11.8 Å². The van der Waals surface area contributed by atoms with Crippen molar-refractivity contribution in [2.24, 2.45) is 0 Å². The number of carbonyl (C=O) groups is 2. The SMILES string of the molecule is O=C(CN(C(=O)/C=C/c1ccccc1)C1CC1)N(CCc1c[nH]c2ccccc12)Cc1ccccc1. The van der Waals surface area contributed by atoms with Gasteiger partial charge in [-0.05, 0) is 48.1 Å². The highest BCUT2D eigenvalue weighted by Crippen LogP contribution is 2.27. The van der Waals surface area contributed by atoms with Crippen LogP contribution in [0.25, 0.3) is 17.0 Å². The lowest BCUT2D eigenvalue weighted by Gasteiger charge is -2.27. The number of aromatic nitrogens is 1. The number of rotatable bonds is 10. The molecule has 1 N–H and O–H groups in total. The first kappa shape index (κ1) is 23.6. The first-order valence-electron chi connectivity index (χ1n) is 12.6. The second-order valence-electron chi connectivity index (χ2n) is 9.35. The molecule has 1 saturated carbocycles. The highest BCUT2D eigenvalue weighted by atomic mass is 16.2. The van der Waals surface area contributed by atoms with Gasteiger partial charge in [0.15, 0.2) is 0 Å². The predicted molar refractivity (Wildman–Crippen MR) is 144 cm³/mol. The number of hydrogen-bond acceptors (Lipinski definition) is 2. The summed E-state index contributed by atoms with van der Waals surface area (Å²) < 4.78 is 0. The number of fused-ring (bicyclic) bond motifs is 1. The van der Waals surface area contributed by atoms with Crippen molar-refractivity contribution in [2.75, 3.05) is 13.1 Å². The molecule has 0 bridgehead atoms. The molecular weight excluding hydrogens is 446 g/mol. The van der Waals surface area contributed by atoms with E-state index in [2.05, 4.69) is 17.1 Å². The molecule has 0 atom stereocenters. The van der Waals surface area contributed by atoms with Crippen molar-refractivity contribution >= 4 is 28.8 Å². The van der Waals surface area contributed by atoms with E-state index in [-0.39, 0.29) is 24.4 Å². The Balaban J connectivity index is 1.30. The van der Waals surface area contributed by atoms with Crippen LogP contribution in [0.3, 0.4) is 0 Å². The van der Waals surface area contributed by atoms with E-state index in [0.29, 0.717) is 13.1 Å². The smallest absolute Gasteiger partial charge is 0.247 e. The summed E-state index contributed by atoms with van der Waals surface area (Å²) in [4.78, 5) is 33.6. The lowest BCUT2D eigenvalue weighted by atomic mass is 10.1. The first-order valence-corrected chi connectivity index (χ1v) is 12.6. The maximum atomic E-state index is 13.6. The minimum atomic E-state index is -0.106. The Hall–Kier alpha value is -4.12. The molecule has 4 aromatic rings. The van der Waals surface area contributed by atoms with E-state index >= 15 is 0 Å². The molecule has 0 aliphatic heterocycles. The van der Waals surface area contributed by atoms with Crippen molar-refractivity contribution in [1.82, 2.24) is 14.8 Å². The van der Waals surface area contributed by atoms with Crippen LogP contribution in [-0.2, 0) is 22.6 Å². The highest BCUT2D eigenvalue weighted by molar-refractivity contribution is 5.95. The van der Waals surface area contributed by atoms with Crippen molar-refractivity contribution in [1.29, 1.82) is 0 Å². The second-order valence-corrected chi connectivity index (χ2v) is 9.35. The van der Waals surface area contributed by atoms with Crippen molar-refractivity contribution in [2.45, 2.75) is 31.8 Å². The van der Waals surface area contributed by atoms with Crippen LogP contribution < -0.4 is 0 Å². The molecule has 0 unspecified atom stereocenters. The van der Waals surface area contributed by atoms with E-state index in [1.54, 1.807) is 11.0 Å². The maximum Gasteiger partial charge on any atom is 0.247 e. The average Bonchev–Trinajstić information content (AvgIpc) is 3.68. The molecule has 1 heterocycles. The fourth-order valence-corrected chi connectivity index (χ4v) is 4.54. The average molecular weight is 478 g/mol. The number of carbonyl (C=O) groups excluding carboxylic acids is 2. The van der Waals surface area contributed by atoms with Crippen molar-refractivity contribution in [3.63, 3.8) is 0 Å². The number of hydrogen-bond donors (Lipinski definition) is 1. The summed E-state index contributed by atoms with van der Waals surface area (Å²) in [6.07, 6.45) is 8.09. The lowest BCUT2D eigenvalue weighted by Crippen LogP contribution is -2.43. The predicted octanol–water partition coefficient (Wildman–Crippen LogP) is 5.44. The molecule has 5 rings (SSSR count). The topological polar surface area (TPSA) is 56.4 Å². The summed E-state index contributed by atoms with van der Waals surface area (Å²) in [6, 6.07) is 28.2. The standard InChI is InChI=1S/C31H31N3O2/c35-30(18-15-24-9-3-1-4-10-24)34(27-16-17-27)23-31(36)33(22-25-11-5-2-6-12-25)20-19-26-21-32-29-14-8-7-13-28(26)29/h1-15,18,21,27,32H,16-17,19-20,22-23H2/b18-15+. The second kappa shape index (κ2) is 11.1. The van der Waals surface area contributed by atoms with Gasteiger partial charge >= 0.3 is 0 Å². The van der Waals surface area contributed by atoms with Gasteiger partial charge in [-0.3, -0.25) is 9.59 Å². The highest BCUT2D eigenvalue weighted by Gasteiger charge is 2.34. The van der Waals surface area contributed by atoms with Crippen LogP contribution >= 0.6 is 0 Å². The normalized spacial score (nSPS) is 13.2. The third-order valence-electron chi connectivity index (χ3n) is 6.69. The van der Waals surface area contributed by atoms with Gasteiger partial charge in [-0.1, -0.05) is 78.9 Å². The van der Waals surface area contributed by atoms with Crippen LogP contribution in [0.4, 0.5) is 0 Å². The zero-order valence-electron chi connectivity index (χ0n) is 20.3. The summed E-state index contributed by atoms with van der Waals surface area (Å²) >= 11 is 0. The molecule has 0 saturated heterocycles. The van der Waals surface area contributed by atoms with Gasteiger partial charge in [-0.25, -0.2) is 0 Å². The Morgan fingerprint density at radius 1 is 0.889 bits per heavy atom. The molecule has 1 aliphatic carbocycles. The van der Waals surface area contributed by atoms with E-state index in [0.717, 1.165) is 35.9 Å².